The van der Waals surface area contributed by atoms with Crippen LogP contribution in [0.2, 0.25) is 0 Å². The maximum absolute atomic E-state index is 5.02. The summed E-state index contributed by atoms with van der Waals surface area (Å²) in [5.74, 6) is 0. The van der Waals surface area contributed by atoms with Crippen LogP contribution in [0.3, 0.4) is 0 Å². The standard InChI is InChI=1S/C16H17Br2NOS/c1-20-8-7-19-11-12-5-6-16(15(18)9-12)21-14-4-2-3-13(17)10-14/h2-6,9-10,19H,7-8,11H2,1H3. The molecule has 5 heteroatoms. The van der Waals surface area contributed by atoms with Crippen molar-refractivity contribution in [1.29, 1.82) is 0 Å². The van der Waals surface area contributed by atoms with Crippen LogP contribution in [0.25, 0.3) is 0 Å². The summed E-state index contributed by atoms with van der Waals surface area (Å²) in [6.07, 6.45) is 0. The minimum atomic E-state index is 0.734. The lowest BCUT2D eigenvalue weighted by Crippen LogP contribution is -2.18. The summed E-state index contributed by atoms with van der Waals surface area (Å²) in [4.78, 5) is 2.43. The van der Waals surface area contributed by atoms with Gasteiger partial charge in [-0.3, -0.25) is 0 Å². The number of ether oxygens (including phenoxy) is 1. The molecule has 0 fully saturated rings. The van der Waals surface area contributed by atoms with E-state index in [0.29, 0.717) is 0 Å². The summed E-state index contributed by atoms with van der Waals surface area (Å²) in [5, 5.41) is 3.35. The molecule has 0 amide bonds. The number of methoxy groups -OCH3 is 1. The van der Waals surface area contributed by atoms with Gasteiger partial charge in [0.1, 0.15) is 0 Å². The molecular formula is C16H17Br2NOS. The second kappa shape index (κ2) is 8.96. The van der Waals surface area contributed by atoms with E-state index >= 15 is 0 Å². The van der Waals surface area contributed by atoms with Crippen LogP contribution in [0.15, 0.2) is 61.2 Å². The van der Waals surface area contributed by atoms with Gasteiger partial charge in [0.25, 0.3) is 0 Å². The maximum atomic E-state index is 5.02. The molecule has 112 valence electrons. The fourth-order valence-electron chi connectivity index (χ4n) is 1.80. The van der Waals surface area contributed by atoms with Crippen molar-refractivity contribution in [2.45, 2.75) is 16.3 Å². The third-order valence-electron chi connectivity index (χ3n) is 2.83. The molecule has 1 N–H and O–H groups in total. The molecule has 0 heterocycles. The lowest BCUT2D eigenvalue weighted by molar-refractivity contribution is 0.199. The lowest BCUT2D eigenvalue weighted by atomic mass is 10.2. The van der Waals surface area contributed by atoms with Crippen molar-refractivity contribution in [3.8, 4) is 0 Å². The molecule has 0 bridgehead atoms. The van der Waals surface area contributed by atoms with E-state index in [0.717, 1.165) is 28.6 Å². The quantitative estimate of drug-likeness (QED) is 0.617. The highest BCUT2D eigenvalue weighted by Gasteiger charge is 2.04. The van der Waals surface area contributed by atoms with Crippen LogP contribution in [0.5, 0.6) is 0 Å². The summed E-state index contributed by atoms with van der Waals surface area (Å²) in [5.41, 5.74) is 1.26. The molecule has 2 aromatic rings. The Morgan fingerprint density at radius 2 is 2.00 bits per heavy atom. The zero-order valence-electron chi connectivity index (χ0n) is 11.7. The molecule has 21 heavy (non-hydrogen) atoms. The molecule has 2 rings (SSSR count). The highest BCUT2D eigenvalue weighted by molar-refractivity contribution is 9.10. The molecule has 0 saturated heterocycles. The Bertz CT molecular complexity index is 592. The van der Waals surface area contributed by atoms with Gasteiger partial charge in [-0.1, -0.05) is 39.8 Å². The second-order valence-corrected chi connectivity index (χ2v) is 7.38. The SMILES string of the molecule is COCCNCc1ccc(Sc2cccc(Br)c2)c(Br)c1. The fourth-order valence-corrected chi connectivity index (χ4v) is 3.90. The van der Waals surface area contributed by atoms with Gasteiger partial charge in [0.15, 0.2) is 0 Å². The first-order valence-corrected chi connectivity index (χ1v) is 9.01. The van der Waals surface area contributed by atoms with Gasteiger partial charge in [0, 0.05) is 38.9 Å². The van der Waals surface area contributed by atoms with Gasteiger partial charge in [-0.2, -0.15) is 0 Å². The van der Waals surface area contributed by atoms with Crippen molar-refractivity contribution in [2.75, 3.05) is 20.3 Å². The van der Waals surface area contributed by atoms with E-state index in [1.807, 2.05) is 6.07 Å². The molecule has 0 aromatic heterocycles. The Morgan fingerprint density at radius 1 is 1.14 bits per heavy atom. The predicted molar refractivity (Wildman–Crippen MR) is 96.0 cm³/mol. The molecule has 0 unspecified atom stereocenters. The van der Waals surface area contributed by atoms with Gasteiger partial charge in [-0.25, -0.2) is 0 Å². The summed E-state index contributed by atoms with van der Waals surface area (Å²) in [6.45, 7) is 2.45. The van der Waals surface area contributed by atoms with Crippen molar-refractivity contribution in [3.05, 3.63) is 57.0 Å². The zero-order chi connectivity index (χ0) is 15.1. The van der Waals surface area contributed by atoms with Crippen molar-refractivity contribution in [3.63, 3.8) is 0 Å². The number of nitrogens with one attached hydrogen (secondary N) is 1. The van der Waals surface area contributed by atoms with Crippen LogP contribution >= 0.6 is 43.6 Å². The predicted octanol–water partition coefficient (Wildman–Crippen LogP) is 5.10. The second-order valence-electron chi connectivity index (χ2n) is 4.49. The number of hydrogen-bond acceptors (Lipinski definition) is 3. The average molecular weight is 431 g/mol. The van der Waals surface area contributed by atoms with Crippen LogP contribution in [0.1, 0.15) is 5.56 Å². The Kier molecular flexibility index (Phi) is 7.26. The van der Waals surface area contributed by atoms with Gasteiger partial charge in [-0.15, -0.1) is 0 Å². The first-order chi connectivity index (χ1) is 10.2. The van der Waals surface area contributed by atoms with Crippen LogP contribution in [-0.2, 0) is 11.3 Å². The molecule has 0 aliphatic rings. The summed E-state index contributed by atoms with van der Waals surface area (Å²) >= 11 is 8.92. The Balaban J connectivity index is 1.98. The molecule has 0 saturated carbocycles. The molecule has 0 radical (unpaired) electrons. The van der Waals surface area contributed by atoms with E-state index in [2.05, 4.69) is 73.6 Å². The van der Waals surface area contributed by atoms with E-state index < -0.39 is 0 Å². The van der Waals surface area contributed by atoms with Crippen molar-refractivity contribution < 1.29 is 4.74 Å². The van der Waals surface area contributed by atoms with E-state index in [4.69, 9.17) is 4.74 Å². The number of rotatable bonds is 7. The zero-order valence-corrected chi connectivity index (χ0v) is 15.7. The molecule has 0 aliphatic heterocycles. The lowest BCUT2D eigenvalue weighted by Gasteiger charge is -2.09. The smallest absolute Gasteiger partial charge is 0.0587 e. The third kappa shape index (κ3) is 5.75. The van der Waals surface area contributed by atoms with E-state index in [9.17, 15) is 0 Å². The summed E-state index contributed by atoms with van der Waals surface area (Å²) < 4.78 is 7.24. The first-order valence-electron chi connectivity index (χ1n) is 6.60. The van der Waals surface area contributed by atoms with E-state index in [1.54, 1.807) is 18.9 Å². The fraction of sp³-hybridized carbons (Fsp3) is 0.250. The van der Waals surface area contributed by atoms with Gasteiger partial charge >= 0.3 is 0 Å². The molecule has 0 atom stereocenters. The van der Waals surface area contributed by atoms with Gasteiger partial charge < -0.3 is 10.1 Å². The van der Waals surface area contributed by atoms with E-state index in [1.165, 1.54) is 15.4 Å². The van der Waals surface area contributed by atoms with Crippen LogP contribution in [-0.4, -0.2) is 20.3 Å². The monoisotopic (exact) mass is 429 g/mol. The minimum Gasteiger partial charge on any atom is -0.383 e. The molecule has 2 nitrogen and oxygen atoms in total. The Morgan fingerprint density at radius 3 is 2.71 bits per heavy atom. The normalized spacial score (nSPS) is 10.8. The highest BCUT2D eigenvalue weighted by Crippen LogP contribution is 2.34. The largest absolute Gasteiger partial charge is 0.383 e. The third-order valence-corrected chi connectivity index (χ3v) is 5.31. The number of benzene rings is 2. The van der Waals surface area contributed by atoms with Crippen molar-refractivity contribution in [2.24, 2.45) is 0 Å². The van der Waals surface area contributed by atoms with E-state index in [-0.39, 0.29) is 0 Å². The Hall–Kier alpha value is -0.330. The first kappa shape index (κ1) is 17.0. The molecular weight excluding hydrogens is 414 g/mol. The molecule has 2 aromatic carbocycles. The molecule has 0 aliphatic carbocycles. The minimum absolute atomic E-state index is 0.734. The summed E-state index contributed by atoms with van der Waals surface area (Å²) in [7, 11) is 1.71. The van der Waals surface area contributed by atoms with Crippen LogP contribution in [0, 0.1) is 0 Å². The van der Waals surface area contributed by atoms with Gasteiger partial charge in [-0.05, 0) is 51.8 Å². The molecule has 0 spiro atoms. The number of halogens is 2. The van der Waals surface area contributed by atoms with Crippen LogP contribution < -0.4 is 5.32 Å². The maximum Gasteiger partial charge on any atom is 0.0587 e. The Labute approximate surface area is 146 Å². The average Bonchev–Trinajstić information content (AvgIpc) is 2.46. The van der Waals surface area contributed by atoms with Crippen molar-refractivity contribution in [1.82, 2.24) is 5.32 Å². The summed E-state index contributed by atoms with van der Waals surface area (Å²) in [6, 6.07) is 14.8. The number of hydrogen-bond donors (Lipinski definition) is 1. The van der Waals surface area contributed by atoms with Crippen LogP contribution in [0.4, 0.5) is 0 Å². The van der Waals surface area contributed by atoms with Gasteiger partial charge in [0.2, 0.25) is 0 Å². The highest BCUT2D eigenvalue weighted by atomic mass is 79.9. The topological polar surface area (TPSA) is 21.3 Å². The van der Waals surface area contributed by atoms with Gasteiger partial charge in [0.05, 0.1) is 6.61 Å². The van der Waals surface area contributed by atoms with Crippen molar-refractivity contribution >= 4 is 43.6 Å².